The highest BCUT2D eigenvalue weighted by molar-refractivity contribution is 7.99. The summed E-state index contributed by atoms with van der Waals surface area (Å²) in [7, 11) is 0. The zero-order valence-corrected chi connectivity index (χ0v) is 11.1. The predicted molar refractivity (Wildman–Crippen MR) is 68.3 cm³/mol. The molecule has 2 heterocycles. The molecule has 0 bridgehead atoms. The molecule has 2 aliphatic heterocycles. The summed E-state index contributed by atoms with van der Waals surface area (Å²) in [5.74, 6) is 2.40. The van der Waals surface area contributed by atoms with E-state index in [1.165, 1.54) is 19.3 Å². The zero-order valence-electron chi connectivity index (χ0n) is 10.3. The lowest BCUT2D eigenvalue weighted by atomic mass is 9.70. The summed E-state index contributed by atoms with van der Waals surface area (Å²) in [6, 6.07) is 0. The van der Waals surface area contributed by atoms with E-state index in [0.717, 1.165) is 37.6 Å². The maximum atomic E-state index is 10.5. The summed E-state index contributed by atoms with van der Waals surface area (Å²) in [6.07, 6.45) is 5.47. The molecule has 3 unspecified atom stereocenters. The summed E-state index contributed by atoms with van der Waals surface area (Å²) < 4.78 is 11.6. The first kappa shape index (κ1) is 12.3. The quantitative estimate of drug-likeness (QED) is 0.820. The summed E-state index contributed by atoms with van der Waals surface area (Å²) in [5, 5.41) is 10.5. The third kappa shape index (κ3) is 2.50. The molecule has 98 valence electrons. The minimum Gasteiger partial charge on any atom is -0.390 e. The Morgan fingerprint density at radius 2 is 2.18 bits per heavy atom. The van der Waals surface area contributed by atoms with Crippen LogP contribution in [0, 0.1) is 5.92 Å². The van der Waals surface area contributed by atoms with Gasteiger partial charge in [0.15, 0.2) is 0 Å². The van der Waals surface area contributed by atoms with Crippen LogP contribution in [0.2, 0.25) is 0 Å². The second-order valence-electron chi connectivity index (χ2n) is 5.61. The molecule has 0 aromatic rings. The number of thioether (sulfide) groups is 1. The molecule has 4 heteroatoms. The topological polar surface area (TPSA) is 38.7 Å². The van der Waals surface area contributed by atoms with Crippen LogP contribution < -0.4 is 0 Å². The largest absolute Gasteiger partial charge is 0.390 e. The van der Waals surface area contributed by atoms with Crippen LogP contribution >= 0.6 is 11.8 Å². The van der Waals surface area contributed by atoms with Gasteiger partial charge in [-0.25, -0.2) is 0 Å². The van der Waals surface area contributed by atoms with Crippen molar-refractivity contribution in [3.63, 3.8) is 0 Å². The first-order chi connectivity index (χ1) is 8.29. The van der Waals surface area contributed by atoms with E-state index in [2.05, 4.69) is 0 Å². The second-order valence-corrected chi connectivity index (χ2v) is 6.76. The minimum atomic E-state index is -0.288. The summed E-state index contributed by atoms with van der Waals surface area (Å²) in [5.41, 5.74) is 0.131. The third-order valence-corrected chi connectivity index (χ3v) is 5.52. The standard InChI is InChI=1S/C13H22O3S/c14-12(11-9-17-7-6-15-11)10-2-5-16-13(8-10)3-1-4-13/h10-12,14H,1-9H2. The highest BCUT2D eigenvalue weighted by Crippen LogP contribution is 2.45. The highest BCUT2D eigenvalue weighted by Gasteiger charge is 2.45. The highest BCUT2D eigenvalue weighted by atomic mass is 32.2. The van der Waals surface area contributed by atoms with E-state index < -0.39 is 0 Å². The van der Waals surface area contributed by atoms with E-state index >= 15 is 0 Å². The molecule has 3 fully saturated rings. The Balaban J connectivity index is 1.58. The van der Waals surface area contributed by atoms with Gasteiger partial charge in [-0.3, -0.25) is 0 Å². The van der Waals surface area contributed by atoms with Crippen LogP contribution in [0.1, 0.15) is 32.1 Å². The van der Waals surface area contributed by atoms with Crippen LogP contribution in [0.5, 0.6) is 0 Å². The molecule has 1 spiro atoms. The molecule has 0 radical (unpaired) electrons. The van der Waals surface area contributed by atoms with Gasteiger partial charge in [-0.1, -0.05) is 0 Å². The molecule has 3 nitrogen and oxygen atoms in total. The molecule has 3 aliphatic rings. The lowest BCUT2D eigenvalue weighted by Crippen LogP contribution is -2.50. The van der Waals surface area contributed by atoms with Gasteiger partial charge in [-0.2, -0.15) is 11.8 Å². The van der Waals surface area contributed by atoms with Gasteiger partial charge in [-0.15, -0.1) is 0 Å². The Kier molecular flexibility index (Phi) is 3.67. The van der Waals surface area contributed by atoms with Gasteiger partial charge in [0.2, 0.25) is 0 Å². The third-order valence-electron chi connectivity index (χ3n) is 4.50. The summed E-state index contributed by atoms with van der Waals surface area (Å²) in [6.45, 7) is 1.61. The van der Waals surface area contributed by atoms with Crippen molar-refractivity contribution < 1.29 is 14.6 Å². The molecule has 1 saturated carbocycles. The van der Waals surface area contributed by atoms with E-state index in [1.54, 1.807) is 0 Å². The first-order valence-electron chi connectivity index (χ1n) is 6.80. The van der Waals surface area contributed by atoms with Crippen molar-refractivity contribution in [3.05, 3.63) is 0 Å². The van der Waals surface area contributed by atoms with E-state index in [-0.39, 0.29) is 17.8 Å². The van der Waals surface area contributed by atoms with Crippen molar-refractivity contribution in [1.29, 1.82) is 0 Å². The molecule has 0 amide bonds. The Hall–Kier alpha value is 0.230. The number of rotatable bonds is 2. The monoisotopic (exact) mass is 258 g/mol. The molecule has 17 heavy (non-hydrogen) atoms. The van der Waals surface area contributed by atoms with Crippen LogP contribution in [0.25, 0.3) is 0 Å². The fourth-order valence-corrected chi connectivity index (χ4v) is 4.19. The zero-order chi connectivity index (χ0) is 11.7. The van der Waals surface area contributed by atoms with Crippen LogP contribution in [-0.4, -0.2) is 47.6 Å². The Labute approximate surface area is 107 Å². The molecule has 3 atom stereocenters. The van der Waals surface area contributed by atoms with Gasteiger partial charge >= 0.3 is 0 Å². The van der Waals surface area contributed by atoms with E-state index in [9.17, 15) is 5.11 Å². The predicted octanol–water partition coefficient (Wildman–Crippen LogP) is 1.83. The molecule has 1 N–H and O–H groups in total. The average Bonchev–Trinajstić information content (AvgIpc) is 2.37. The van der Waals surface area contributed by atoms with Crippen molar-refractivity contribution >= 4 is 11.8 Å². The molecule has 0 aromatic carbocycles. The molecule has 3 rings (SSSR count). The lowest BCUT2D eigenvalue weighted by molar-refractivity contribution is -0.168. The van der Waals surface area contributed by atoms with Crippen molar-refractivity contribution in [2.45, 2.75) is 49.9 Å². The van der Waals surface area contributed by atoms with Gasteiger partial charge < -0.3 is 14.6 Å². The van der Waals surface area contributed by atoms with Crippen molar-refractivity contribution in [1.82, 2.24) is 0 Å². The van der Waals surface area contributed by atoms with Crippen molar-refractivity contribution in [2.75, 3.05) is 24.7 Å². The number of hydrogen-bond acceptors (Lipinski definition) is 4. The van der Waals surface area contributed by atoms with E-state index in [4.69, 9.17) is 9.47 Å². The molecular weight excluding hydrogens is 236 g/mol. The van der Waals surface area contributed by atoms with Crippen LogP contribution in [0.3, 0.4) is 0 Å². The SMILES string of the molecule is OC(C1CCOC2(CCC2)C1)C1CSCCO1. The Morgan fingerprint density at radius 3 is 2.82 bits per heavy atom. The Morgan fingerprint density at radius 1 is 1.29 bits per heavy atom. The number of aliphatic hydroxyl groups excluding tert-OH is 1. The molecule has 1 aliphatic carbocycles. The summed E-state index contributed by atoms with van der Waals surface area (Å²) in [4.78, 5) is 0. The fourth-order valence-electron chi connectivity index (χ4n) is 3.28. The van der Waals surface area contributed by atoms with Crippen molar-refractivity contribution in [2.24, 2.45) is 5.92 Å². The second kappa shape index (κ2) is 5.08. The number of ether oxygens (including phenoxy) is 2. The average molecular weight is 258 g/mol. The number of hydrogen-bond donors (Lipinski definition) is 1. The van der Waals surface area contributed by atoms with Crippen LogP contribution in [0.15, 0.2) is 0 Å². The number of aliphatic hydroxyl groups is 1. The smallest absolute Gasteiger partial charge is 0.0927 e. The van der Waals surface area contributed by atoms with Gasteiger partial charge in [0, 0.05) is 18.1 Å². The van der Waals surface area contributed by atoms with E-state index in [0.29, 0.717) is 5.92 Å². The first-order valence-corrected chi connectivity index (χ1v) is 7.96. The van der Waals surface area contributed by atoms with Gasteiger partial charge in [-0.05, 0) is 38.0 Å². The lowest BCUT2D eigenvalue weighted by Gasteiger charge is -2.49. The Bertz CT molecular complexity index is 261. The maximum Gasteiger partial charge on any atom is 0.0927 e. The molecular formula is C13H22O3S. The minimum absolute atomic E-state index is 0.0500. The van der Waals surface area contributed by atoms with E-state index in [1.807, 2.05) is 11.8 Å². The van der Waals surface area contributed by atoms with Gasteiger partial charge in [0.1, 0.15) is 0 Å². The van der Waals surface area contributed by atoms with Crippen LogP contribution in [0.4, 0.5) is 0 Å². The summed E-state index contributed by atoms with van der Waals surface area (Å²) >= 11 is 1.90. The fraction of sp³-hybridized carbons (Fsp3) is 1.00. The van der Waals surface area contributed by atoms with Crippen molar-refractivity contribution in [3.8, 4) is 0 Å². The molecule has 0 aromatic heterocycles. The van der Waals surface area contributed by atoms with Gasteiger partial charge in [0.05, 0.1) is 24.4 Å². The van der Waals surface area contributed by atoms with Gasteiger partial charge in [0.25, 0.3) is 0 Å². The molecule has 2 saturated heterocycles. The maximum absolute atomic E-state index is 10.5. The van der Waals surface area contributed by atoms with Crippen LogP contribution in [-0.2, 0) is 9.47 Å². The normalized spacial score (nSPS) is 38.6.